The van der Waals surface area contributed by atoms with Crippen molar-refractivity contribution in [1.29, 1.82) is 0 Å². The van der Waals surface area contributed by atoms with Gasteiger partial charge in [-0.25, -0.2) is 0 Å². The van der Waals surface area contributed by atoms with Gasteiger partial charge in [-0.05, 0) is 36.4 Å². The number of anilines is 2. The second kappa shape index (κ2) is 5.04. The molecule has 1 aliphatic carbocycles. The third-order valence-corrected chi connectivity index (χ3v) is 4.84. The lowest BCUT2D eigenvalue weighted by Gasteiger charge is -2.25. The van der Waals surface area contributed by atoms with Crippen LogP contribution >= 0.6 is 11.3 Å². The first-order valence-electron chi connectivity index (χ1n) is 7.25. The fourth-order valence-corrected chi connectivity index (χ4v) is 3.51. The van der Waals surface area contributed by atoms with Crippen LogP contribution in [0.4, 0.5) is 11.4 Å². The van der Waals surface area contributed by atoms with E-state index in [0.29, 0.717) is 6.04 Å². The quantitative estimate of drug-likeness (QED) is 0.738. The largest absolute Gasteiger partial charge is 0.397 e. The van der Waals surface area contributed by atoms with Crippen LogP contribution in [0.1, 0.15) is 17.7 Å². The highest BCUT2D eigenvalue weighted by Gasteiger charge is 2.30. The van der Waals surface area contributed by atoms with E-state index in [1.54, 1.807) is 0 Å². The summed E-state index contributed by atoms with van der Waals surface area (Å²) in [5.74, 6) is 0. The number of nitrogens with zero attached hydrogens (tertiary/aromatic N) is 2. The summed E-state index contributed by atoms with van der Waals surface area (Å²) in [5.41, 5.74) is 8.99. The predicted molar refractivity (Wildman–Crippen MR) is 89.7 cm³/mol. The molecule has 2 heterocycles. The van der Waals surface area contributed by atoms with Gasteiger partial charge in [0.25, 0.3) is 0 Å². The molecule has 0 atom stereocenters. The fourth-order valence-electron chi connectivity index (χ4n) is 2.80. The zero-order valence-electron chi connectivity index (χ0n) is 11.7. The smallest absolute Gasteiger partial charge is 0.0951 e. The summed E-state index contributed by atoms with van der Waals surface area (Å²) in [5, 5.41) is 3.30. The summed E-state index contributed by atoms with van der Waals surface area (Å²) in [7, 11) is 0. The van der Waals surface area contributed by atoms with Crippen LogP contribution in [0.25, 0.3) is 10.9 Å². The van der Waals surface area contributed by atoms with Gasteiger partial charge in [0.05, 0.1) is 17.7 Å². The van der Waals surface area contributed by atoms with Gasteiger partial charge in [-0.1, -0.05) is 18.2 Å². The van der Waals surface area contributed by atoms with Crippen LogP contribution in [0.5, 0.6) is 0 Å². The molecule has 0 bridgehead atoms. The van der Waals surface area contributed by atoms with Gasteiger partial charge < -0.3 is 10.6 Å². The molecule has 1 saturated carbocycles. The van der Waals surface area contributed by atoms with Gasteiger partial charge in [-0.2, -0.15) is 0 Å². The van der Waals surface area contributed by atoms with Crippen LogP contribution in [0.15, 0.2) is 48.0 Å². The third-order valence-electron chi connectivity index (χ3n) is 3.98. The molecule has 1 fully saturated rings. The summed E-state index contributed by atoms with van der Waals surface area (Å²) < 4.78 is 0. The Balaban J connectivity index is 1.81. The standard InChI is InChI=1S/C17H17N3S/c18-15-5-1-4-14-16(8-9-19-17(14)15)20(12-6-7-12)11-13-3-2-10-21-13/h1-5,8-10,12H,6-7,11,18H2. The Morgan fingerprint density at radius 1 is 1.19 bits per heavy atom. The first-order valence-corrected chi connectivity index (χ1v) is 8.13. The van der Waals surface area contributed by atoms with E-state index in [-0.39, 0.29) is 0 Å². The van der Waals surface area contributed by atoms with E-state index in [1.807, 2.05) is 29.7 Å². The number of aromatic nitrogens is 1. The van der Waals surface area contributed by atoms with Crippen LogP contribution in [-0.2, 0) is 6.54 Å². The minimum Gasteiger partial charge on any atom is -0.397 e. The Hall–Kier alpha value is -2.07. The Labute approximate surface area is 128 Å². The van der Waals surface area contributed by atoms with Crippen molar-refractivity contribution >= 4 is 33.6 Å². The van der Waals surface area contributed by atoms with Crippen molar-refractivity contribution in [2.24, 2.45) is 0 Å². The third kappa shape index (κ3) is 2.36. The van der Waals surface area contributed by atoms with E-state index in [4.69, 9.17) is 5.73 Å². The van der Waals surface area contributed by atoms with Gasteiger partial charge in [0, 0.05) is 28.2 Å². The molecule has 0 spiro atoms. The van der Waals surface area contributed by atoms with Gasteiger partial charge >= 0.3 is 0 Å². The molecule has 0 saturated heterocycles. The first-order chi connectivity index (χ1) is 10.3. The maximum atomic E-state index is 6.07. The zero-order chi connectivity index (χ0) is 14.2. The number of benzene rings is 1. The average molecular weight is 295 g/mol. The lowest BCUT2D eigenvalue weighted by molar-refractivity contribution is 0.807. The number of hydrogen-bond donors (Lipinski definition) is 1. The number of rotatable bonds is 4. The molecule has 106 valence electrons. The van der Waals surface area contributed by atoms with Gasteiger partial charge in [0.15, 0.2) is 0 Å². The van der Waals surface area contributed by atoms with Crippen molar-refractivity contribution in [3.8, 4) is 0 Å². The van der Waals surface area contributed by atoms with Crippen molar-refractivity contribution in [3.63, 3.8) is 0 Å². The van der Waals surface area contributed by atoms with Crippen molar-refractivity contribution in [2.75, 3.05) is 10.6 Å². The summed E-state index contributed by atoms with van der Waals surface area (Å²) >= 11 is 1.82. The number of hydrogen-bond acceptors (Lipinski definition) is 4. The maximum absolute atomic E-state index is 6.07. The van der Waals surface area contributed by atoms with E-state index in [2.05, 4.69) is 39.5 Å². The fraction of sp³-hybridized carbons (Fsp3) is 0.235. The number of pyridine rings is 1. The zero-order valence-corrected chi connectivity index (χ0v) is 12.5. The summed E-state index contributed by atoms with van der Waals surface area (Å²) in [6.45, 7) is 0.968. The minimum absolute atomic E-state index is 0.652. The monoisotopic (exact) mass is 295 g/mol. The lowest BCUT2D eigenvalue weighted by Crippen LogP contribution is -2.24. The van der Waals surface area contributed by atoms with E-state index >= 15 is 0 Å². The van der Waals surface area contributed by atoms with Crippen LogP contribution in [0, 0.1) is 0 Å². The Kier molecular flexibility index (Phi) is 3.04. The summed E-state index contributed by atoms with van der Waals surface area (Å²) in [6.07, 6.45) is 4.42. The molecule has 2 aromatic heterocycles. The van der Waals surface area contributed by atoms with Crippen molar-refractivity contribution in [1.82, 2.24) is 4.98 Å². The van der Waals surface area contributed by atoms with E-state index in [9.17, 15) is 0 Å². The maximum Gasteiger partial charge on any atom is 0.0951 e. The highest BCUT2D eigenvalue weighted by molar-refractivity contribution is 7.09. The van der Waals surface area contributed by atoms with Gasteiger partial charge in [0.1, 0.15) is 0 Å². The van der Waals surface area contributed by atoms with Crippen molar-refractivity contribution in [3.05, 3.63) is 52.9 Å². The molecule has 2 N–H and O–H groups in total. The van der Waals surface area contributed by atoms with Crippen molar-refractivity contribution in [2.45, 2.75) is 25.4 Å². The molecular formula is C17H17N3S. The molecule has 21 heavy (non-hydrogen) atoms. The van der Waals surface area contributed by atoms with E-state index < -0.39 is 0 Å². The molecule has 3 aromatic rings. The number of para-hydroxylation sites is 1. The van der Waals surface area contributed by atoms with Gasteiger partial charge in [-0.3, -0.25) is 4.98 Å². The van der Waals surface area contributed by atoms with Crippen LogP contribution in [-0.4, -0.2) is 11.0 Å². The SMILES string of the molecule is Nc1cccc2c(N(Cc3cccs3)C3CC3)ccnc12. The Morgan fingerprint density at radius 2 is 2.10 bits per heavy atom. The van der Waals surface area contributed by atoms with E-state index in [0.717, 1.165) is 23.1 Å². The molecular weight excluding hydrogens is 278 g/mol. The molecule has 4 rings (SSSR count). The number of fused-ring (bicyclic) bond motifs is 1. The van der Waals surface area contributed by atoms with Crippen LogP contribution in [0.2, 0.25) is 0 Å². The van der Waals surface area contributed by atoms with Crippen molar-refractivity contribution < 1.29 is 0 Å². The predicted octanol–water partition coefficient (Wildman–Crippen LogP) is 4.05. The topological polar surface area (TPSA) is 42.1 Å². The molecule has 1 aliphatic rings. The minimum atomic E-state index is 0.652. The van der Waals surface area contributed by atoms with Crippen LogP contribution < -0.4 is 10.6 Å². The second-order valence-corrected chi connectivity index (χ2v) is 6.54. The Bertz CT molecular complexity index is 763. The molecule has 4 heteroatoms. The highest BCUT2D eigenvalue weighted by atomic mass is 32.1. The highest BCUT2D eigenvalue weighted by Crippen LogP contribution is 2.37. The Morgan fingerprint density at radius 3 is 2.86 bits per heavy atom. The molecule has 0 amide bonds. The summed E-state index contributed by atoms with van der Waals surface area (Å²) in [6, 6.07) is 13.1. The van der Waals surface area contributed by atoms with Crippen LogP contribution in [0.3, 0.4) is 0 Å². The summed E-state index contributed by atoms with van der Waals surface area (Å²) in [4.78, 5) is 8.36. The molecule has 0 radical (unpaired) electrons. The van der Waals surface area contributed by atoms with Gasteiger partial charge in [0.2, 0.25) is 0 Å². The molecule has 1 aromatic carbocycles. The second-order valence-electron chi connectivity index (χ2n) is 5.51. The lowest BCUT2D eigenvalue weighted by atomic mass is 10.1. The molecule has 0 aliphatic heterocycles. The van der Waals surface area contributed by atoms with Gasteiger partial charge in [-0.15, -0.1) is 11.3 Å². The number of nitrogens with two attached hydrogens (primary N) is 1. The molecule has 3 nitrogen and oxygen atoms in total. The van der Waals surface area contributed by atoms with E-state index in [1.165, 1.54) is 23.4 Å². The number of thiophene rings is 1. The first kappa shape index (κ1) is 12.7. The normalized spacial score (nSPS) is 14.5. The number of nitrogen functional groups attached to an aromatic ring is 1. The molecule has 0 unspecified atom stereocenters. The average Bonchev–Trinajstić information content (AvgIpc) is 3.22.